The summed E-state index contributed by atoms with van der Waals surface area (Å²) >= 11 is 1.67. The van der Waals surface area contributed by atoms with Gasteiger partial charge in [-0.2, -0.15) is 15.0 Å². The molecule has 1 saturated heterocycles. The van der Waals surface area contributed by atoms with Crippen LogP contribution in [0, 0.1) is 11.6 Å². The van der Waals surface area contributed by atoms with Crippen LogP contribution in [0.2, 0.25) is 0 Å². The number of piperidine rings is 1. The number of likely N-dealkylation sites (tertiary alicyclic amines) is 1. The first-order valence-corrected chi connectivity index (χ1v) is 14.7. The Labute approximate surface area is 240 Å². The second kappa shape index (κ2) is 12.3. The number of amides is 1. The quantitative estimate of drug-likeness (QED) is 0.278. The first kappa shape index (κ1) is 27.3. The van der Waals surface area contributed by atoms with E-state index in [9.17, 15) is 4.79 Å². The Kier molecular flexibility index (Phi) is 8.21. The third kappa shape index (κ3) is 6.24. The lowest BCUT2D eigenvalue weighted by atomic mass is 10.1. The van der Waals surface area contributed by atoms with E-state index in [1.165, 1.54) is 23.8 Å². The number of aromatic nitrogens is 7. The summed E-state index contributed by atoms with van der Waals surface area (Å²) in [5.74, 6) is -1.38. The van der Waals surface area contributed by atoms with Crippen molar-refractivity contribution < 1.29 is 18.3 Å². The Hall–Kier alpha value is -3.87. The van der Waals surface area contributed by atoms with Gasteiger partial charge in [-0.25, -0.2) is 8.78 Å². The summed E-state index contributed by atoms with van der Waals surface area (Å²) in [6.07, 6.45) is 12.4. The SMILES string of the molecule is O=C(Cn1ncc(-c2cc(F)c(OCc3nnc(SC4CCCC4)n3-c3cccnc3)cc2F)n1)N1CCCCC1. The van der Waals surface area contributed by atoms with E-state index in [0.717, 1.165) is 49.9 Å². The molecule has 41 heavy (non-hydrogen) atoms. The number of rotatable bonds is 9. The molecule has 1 aromatic carbocycles. The highest BCUT2D eigenvalue weighted by molar-refractivity contribution is 7.99. The Balaban J connectivity index is 1.17. The smallest absolute Gasteiger partial charge is 0.246 e. The summed E-state index contributed by atoms with van der Waals surface area (Å²) in [5, 5.41) is 18.1. The van der Waals surface area contributed by atoms with Crippen LogP contribution in [-0.2, 0) is 17.9 Å². The molecular formula is C28H30F2N8O2S. The van der Waals surface area contributed by atoms with Crippen LogP contribution in [-0.4, -0.2) is 63.9 Å². The van der Waals surface area contributed by atoms with Crippen LogP contribution < -0.4 is 4.74 Å². The molecule has 0 bridgehead atoms. The zero-order valence-electron chi connectivity index (χ0n) is 22.5. The molecule has 1 aliphatic heterocycles. The number of nitrogens with zero attached hydrogens (tertiary/aromatic N) is 8. The Bertz CT molecular complexity index is 1500. The van der Waals surface area contributed by atoms with E-state index in [1.54, 1.807) is 29.1 Å². The monoisotopic (exact) mass is 580 g/mol. The molecule has 1 saturated carbocycles. The molecule has 2 aliphatic rings. The van der Waals surface area contributed by atoms with Crippen LogP contribution in [0.25, 0.3) is 16.9 Å². The molecule has 1 aliphatic carbocycles. The third-order valence-corrected chi connectivity index (χ3v) is 8.63. The van der Waals surface area contributed by atoms with Crippen molar-refractivity contribution in [3.63, 3.8) is 0 Å². The van der Waals surface area contributed by atoms with Crippen LogP contribution in [0.4, 0.5) is 8.78 Å². The van der Waals surface area contributed by atoms with Gasteiger partial charge in [0.25, 0.3) is 0 Å². The first-order valence-electron chi connectivity index (χ1n) is 13.9. The molecule has 0 radical (unpaired) electrons. The number of hydrogen-bond acceptors (Lipinski definition) is 8. The number of thioether (sulfide) groups is 1. The van der Waals surface area contributed by atoms with E-state index in [-0.39, 0.29) is 36.1 Å². The largest absolute Gasteiger partial charge is 0.482 e. The molecule has 6 rings (SSSR count). The van der Waals surface area contributed by atoms with Gasteiger partial charge >= 0.3 is 0 Å². The van der Waals surface area contributed by atoms with Crippen molar-refractivity contribution in [3.05, 3.63) is 60.3 Å². The Morgan fingerprint density at radius 2 is 1.85 bits per heavy atom. The molecule has 0 atom stereocenters. The van der Waals surface area contributed by atoms with Crippen molar-refractivity contribution in [1.29, 1.82) is 0 Å². The van der Waals surface area contributed by atoms with Gasteiger partial charge < -0.3 is 9.64 Å². The van der Waals surface area contributed by atoms with E-state index in [4.69, 9.17) is 4.74 Å². The predicted octanol–water partition coefficient (Wildman–Crippen LogP) is 4.83. The number of benzene rings is 1. The minimum atomic E-state index is -0.756. The molecule has 0 spiro atoms. The van der Waals surface area contributed by atoms with Gasteiger partial charge in [0.05, 0.1) is 18.1 Å². The Morgan fingerprint density at radius 3 is 2.63 bits per heavy atom. The second-order valence-electron chi connectivity index (χ2n) is 10.2. The maximum atomic E-state index is 15.1. The zero-order valence-corrected chi connectivity index (χ0v) is 23.3. The average Bonchev–Trinajstić information content (AvgIpc) is 3.77. The normalized spacial score (nSPS) is 15.9. The minimum Gasteiger partial charge on any atom is -0.482 e. The molecule has 214 valence electrons. The van der Waals surface area contributed by atoms with Gasteiger partial charge in [0, 0.05) is 36.2 Å². The average molecular weight is 581 g/mol. The van der Waals surface area contributed by atoms with Gasteiger partial charge in [-0.15, -0.1) is 10.2 Å². The summed E-state index contributed by atoms with van der Waals surface area (Å²) in [6.45, 7) is 1.25. The topological polar surface area (TPSA) is 104 Å². The van der Waals surface area contributed by atoms with Crippen molar-refractivity contribution in [2.75, 3.05) is 13.1 Å². The van der Waals surface area contributed by atoms with Crippen molar-refractivity contribution in [2.45, 2.75) is 68.5 Å². The standard InChI is InChI=1S/C28H30F2N8O2S/c29-22-14-25(23(30)13-21(22)24-16-32-37(35-24)17-27(39)36-11-4-1-5-12-36)40-18-26-33-34-28(41-20-8-2-3-9-20)38(26)19-7-6-10-31-15-19/h6-7,10,13-16,20H,1-5,8-9,11-12,17-18H2. The lowest BCUT2D eigenvalue weighted by Crippen LogP contribution is -2.38. The third-order valence-electron chi connectivity index (χ3n) is 7.35. The van der Waals surface area contributed by atoms with E-state index in [2.05, 4.69) is 25.4 Å². The van der Waals surface area contributed by atoms with E-state index in [1.807, 2.05) is 16.7 Å². The molecule has 10 nitrogen and oxygen atoms in total. The molecule has 2 fully saturated rings. The van der Waals surface area contributed by atoms with Crippen molar-refractivity contribution in [3.8, 4) is 22.7 Å². The number of halogens is 2. The van der Waals surface area contributed by atoms with Gasteiger partial charge in [-0.1, -0.05) is 24.6 Å². The van der Waals surface area contributed by atoms with Crippen LogP contribution in [0.5, 0.6) is 5.75 Å². The van der Waals surface area contributed by atoms with Crippen LogP contribution in [0.1, 0.15) is 50.8 Å². The molecule has 0 N–H and O–H groups in total. The first-order chi connectivity index (χ1) is 20.0. The fraction of sp³-hybridized carbons (Fsp3) is 0.429. The molecule has 4 aromatic rings. The number of hydrogen-bond donors (Lipinski definition) is 0. The minimum absolute atomic E-state index is 0.0517. The summed E-state index contributed by atoms with van der Waals surface area (Å²) in [5.41, 5.74) is 0.824. The summed E-state index contributed by atoms with van der Waals surface area (Å²) in [6, 6.07) is 5.72. The molecule has 4 heterocycles. The van der Waals surface area contributed by atoms with Gasteiger partial charge in [0.1, 0.15) is 24.7 Å². The predicted molar refractivity (Wildman–Crippen MR) is 147 cm³/mol. The van der Waals surface area contributed by atoms with Crippen molar-refractivity contribution in [2.24, 2.45) is 0 Å². The van der Waals surface area contributed by atoms with E-state index < -0.39 is 11.6 Å². The number of pyridine rings is 1. The lowest BCUT2D eigenvalue weighted by molar-refractivity contribution is -0.133. The van der Waals surface area contributed by atoms with Crippen molar-refractivity contribution in [1.82, 2.24) is 39.6 Å². The van der Waals surface area contributed by atoms with Crippen molar-refractivity contribution >= 4 is 17.7 Å². The summed E-state index contributed by atoms with van der Waals surface area (Å²) in [4.78, 5) is 19.7. The van der Waals surface area contributed by atoms with E-state index >= 15 is 8.78 Å². The number of ether oxygens (including phenoxy) is 1. The van der Waals surface area contributed by atoms with Gasteiger partial charge in [-0.05, 0) is 50.3 Å². The number of carbonyl (C=O) groups excluding carboxylic acids is 1. The van der Waals surface area contributed by atoms with Crippen LogP contribution >= 0.6 is 11.8 Å². The van der Waals surface area contributed by atoms with Crippen LogP contribution in [0.3, 0.4) is 0 Å². The maximum absolute atomic E-state index is 15.1. The fourth-order valence-electron chi connectivity index (χ4n) is 5.21. The highest BCUT2D eigenvalue weighted by Gasteiger charge is 2.23. The molecular weight excluding hydrogens is 550 g/mol. The zero-order chi connectivity index (χ0) is 28.2. The Morgan fingerprint density at radius 1 is 1.02 bits per heavy atom. The second-order valence-corrected chi connectivity index (χ2v) is 11.5. The summed E-state index contributed by atoms with van der Waals surface area (Å²) < 4.78 is 37.8. The maximum Gasteiger partial charge on any atom is 0.246 e. The van der Waals surface area contributed by atoms with Gasteiger partial charge in [0.15, 0.2) is 22.5 Å². The van der Waals surface area contributed by atoms with Crippen LogP contribution in [0.15, 0.2) is 48.0 Å². The molecule has 0 unspecified atom stereocenters. The number of carbonyl (C=O) groups is 1. The highest BCUT2D eigenvalue weighted by Crippen LogP contribution is 2.35. The van der Waals surface area contributed by atoms with Gasteiger partial charge in [0.2, 0.25) is 5.91 Å². The lowest BCUT2D eigenvalue weighted by Gasteiger charge is -2.26. The van der Waals surface area contributed by atoms with Gasteiger partial charge in [-0.3, -0.25) is 14.3 Å². The molecule has 1 amide bonds. The summed E-state index contributed by atoms with van der Waals surface area (Å²) in [7, 11) is 0. The molecule has 3 aromatic heterocycles. The van der Waals surface area contributed by atoms with E-state index in [0.29, 0.717) is 29.3 Å². The fourth-order valence-corrected chi connectivity index (χ4v) is 6.48. The highest BCUT2D eigenvalue weighted by atomic mass is 32.2. The molecule has 13 heteroatoms.